The number of carbonyl (C=O) groups excluding carboxylic acids is 2. The zero-order valence-electron chi connectivity index (χ0n) is 20.5. The second kappa shape index (κ2) is 7.66. The lowest BCUT2D eigenvalue weighted by atomic mass is 9.66. The predicted molar refractivity (Wildman–Crippen MR) is 127 cm³/mol. The number of allylic oxidation sites excluding steroid dienone is 2. The van der Waals surface area contributed by atoms with Crippen LogP contribution in [0.25, 0.3) is 0 Å². The number of imide groups is 1. The van der Waals surface area contributed by atoms with Gasteiger partial charge in [-0.1, -0.05) is 31.9 Å². The number of halogens is 1. The minimum atomic E-state index is -0.209. The lowest BCUT2D eigenvalue weighted by Crippen LogP contribution is -2.47. The van der Waals surface area contributed by atoms with E-state index < -0.39 is 0 Å². The second-order valence-electron chi connectivity index (χ2n) is 11.0. The highest BCUT2D eigenvalue weighted by molar-refractivity contribution is 6.07. The zero-order chi connectivity index (χ0) is 23.7. The number of fused-ring (bicyclic) bond motifs is 5. The first-order valence-electron chi connectivity index (χ1n) is 12.4. The normalized spacial score (nSPS) is 36.4. The zero-order valence-corrected chi connectivity index (χ0v) is 20.5. The molecule has 3 unspecified atom stereocenters. The van der Waals surface area contributed by atoms with Crippen molar-refractivity contribution in [1.29, 1.82) is 0 Å². The molecule has 2 aliphatic heterocycles. The lowest BCUT2D eigenvalue weighted by Gasteiger charge is -2.36. The highest BCUT2D eigenvalue weighted by Crippen LogP contribution is 2.74. The third-order valence-electron chi connectivity index (χ3n) is 10.1. The number of hydrogen-bond donors (Lipinski definition) is 0. The fourth-order valence-corrected chi connectivity index (χ4v) is 7.57. The molecule has 2 saturated heterocycles. The molecule has 0 radical (unpaired) electrons. The number of hydrogen-bond acceptors (Lipinski definition) is 4. The molecule has 178 valence electrons. The van der Waals surface area contributed by atoms with Crippen LogP contribution in [0.5, 0.6) is 0 Å². The van der Waals surface area contributed by atoms with Crippen LogP contribution in [0, 0.1) is 34.4 Å². The molecule has 33 heavy (non-hydrogen) atoms. The Morgan fingerprint density at radius 3 is 1.91 bits per heavy atom. The molecule has 3 fully saturated rings. The van der Waals surface area contributed by atoms with E-state index in [2.05, 4.69) is 44.4 Å². The summed E-state index contributed by atoms with van der Waals surface area (Å²) in [6.07, 6.45) is 0.807. The van der Waals surface area contributed by atoms with Gasteiger partial charge in [-0.25, -0.2) is 4.39 Å². The number of piperazine rings is 1. The summed E-state index contributed by atoms with van der Waals surface area (Å²) < 4.78 is 13.2. The summed E-state index contributed by atoms with van der Waals surface area (Å²) in [5.41, 5.74) is 3.28. The first-order valence-corrected chi connectivity index (χ1v) is 12.4. The Balaban J connectivity index is 1.18. The third-order valence-corrected chi connectivity index (χ3v) is 10.1. The second-order valence-corrected chi connectivity index (χ2v) is 11.0. The Morgan fingerprint density at radius 2 is 1.39 bits per heavy atom. The van der Waals surface area contributed by atoms with Gasteiger partial charge in [-0.15, -0.1) is 0 Å². The minimum absolute atomic E-state index is 0.0519. The van der Waals surface area contributed by atoms with Crippen LogP contribution in [-0.4, -0.2) is 60.9 Å². The number of likely N-dealkylation sites (tertiary alicyclic amines) is 1. The van der Waals surface area contributed by atoms with Crippen LogP contribution >= 0.6 is 0 Å². The standard InChI is InChI=1S/C27H36FN3O2/c1-17-18(2)27(5)19(3)26(17,4)22-23(27)25(33)31(24(22)32)12-6-11-29-13-15-30(16-14-29)21-9-7-20(28)8-10-21/h7-10,19,22-23H,6,11-16H2,1-5H3/t19?,22?,23?,26-,27+. The van der Waals surface area contributed by atoms with Gasteiger partial charge in [0.05, 0.1) is 11.8 Å². The van der Waals surface area contributed by atoms with E-state index in [4.69, 9.17) is 0 Å². The van der Waals surface area contributed by atoms with Crippen LogP contribution in [0.2, 0.25) is 0 Å². The van der Waals surface area contributed by atoms with E-state index in [9.17, 15) is 14.0 Å². The van der Waals surface area contributed by atoms with Crippen molar-refractivity contribution in [2.45, 2.75) is 41.0 Å². The van der Waals surface area contributed by atoms with E-state index in [0.717, 1.165) is 44.8 Å². The van der Waals surface area contributed by atoms with Crippen molar-refractivity contribution in [3.63, 3.8) is 0 Å². The quantitative estimate of drug-likeness (QED) is 0.500. The summed E-state index contributed by atoms with van der Waals surface area (Å²) in [7, 11) is 0. The van der Waals surface area contributed by atoms with Crippen LogP contribution in [-0.2, 0) is 9.59 Å². The van der Waals surface area contributed by atoms with Gasteiger partial charge in [0.1, 0.15) is 5.82 Å². The molecule has 5 nitrogen and oxygen atoms in total. The Kier molecular flexibility index (Phi) is 5.24. The van der Waals surface area contributed by atoms with E-state index in [0.29, 0.717) is 12.5 Å². The summed E-state index contributed by atoms with van der Waals surface area (Å²) in [5, 5.41) is 0. The minimum Gasteiger partial charge on any atom is -0.369 e. The van der Waals surface area contributed by atoms with E-state index in [1.54, 1.807) is 4.90 Å². The van der Waals surface area contributed by atoms with Gasteiger partial charge >= 0.3 is 0 Å². The Bertz CT molecular complexity index is 969. The van der Waals surface area contributed by atoms with Crippen LogP contribution in [0.3, 0.4) is 0 Å². The maximum atomic E-state index is 13.5. The van der Waals surface area contributed by atoms with E-state index in [1.165, 1.54) is 23.3 Å². The van der Waals surface area contributed by atoms with Gasteiger partial charge in [0, 0.05) is 49.2 Å². The first-order chi connectivity index (χ1) is 15.6. The summed E-state index contributed by atoms with van der Waals surface area (Å²) in [6, 6.07) is 6.68. The van der Waals surface area contributed by atoms with Gasteiger partial charge in [0.2, 0.25) is 11.8 Å². The van der Waals surface area contributed by atoms with Gasteiger partial charge in [-0.3, -0.25) is 19.4 Å². The molecule has 0 aromatic heterocycles. The van der Waals surface area contributed by atoms with Gasteiger partial charge in [-0.05, 0) is 57.0 Å². The molecule has 1 aromatic carbocycles. The highest BCUT2D eigenvalue weighted by atomic mass is 19.1. The number of anilines is 1. The average Bonchev–Trinajstić information content (AvgIpc) is 3.22. The number of benzene rings is 1. The fraction of sp³-hybridized carbons (Fsp3) is 0.630. The van der Waals surface area contributed by atoms with E-state index >= 15 is 0 Å². The van der Waals surface area contributed by atoms with Crippen LogP contribution in [0.15, 0.2) is 35.4 Å². The summed E-state index contributed by atoms with van der Waals surface area (Å²) >= 11 is 0. The van der Waals surface area contributed by atoms with E-state index in [-0.39, 0.29) is 40.3 Å². The topological polar surface area (TPSA) is 43.9 Å². The van der Waals surface area contributed by atoms with Gasteiger partial charge in [-0.2, -0.15) is 0 Å². The SMILES string of the molecule is CC1=C(C)[C@]2(C)C3C(=O)N(CCCN4CCN(c5ccc(F)cc5)CC4)C(=O)C3[C@@]1(C)C2C. The molecule has 5 rings (SSSR count). The molecule has 6 heteroatoms. The largest absolute Gasteiger partial charge is 0.369 e. The molecule has 1 saturated carbocycles. The molecule has 5 atom stereocenters. The number of nitrogens with zero attached hydrogens (tertiary/aromatic N) is 3. The smallest absolute Gasteiger partial charge is 0.234 e. The number of amides is 2. The highest BCUT2D eigenvalue weighted by Gasteiger charge is 2.75. The molecule has 4 aliphatic rings. The fourth-order valence-electron chi connectivity index (χ4n) is 7.57. The molecule has 1 aromatic rings. The van der Waals surface area contributed by atoms with Crippen molar-refractivity contribution in [2.75, 3.05) is 44.2 Å². The van der Waals surface area contributed by atoms with Crippen molar-refractivity contribution >= 4 is 17.5 Å². The van der Waals surface area contributed by atoms with Crippen LogP contribution in [0.4, 0.5) is 10.1 Å². The van der Waals surface area contributed by atoms with Crippen molar-refractivity contribution < 1.29 is 14.0 Å². The van der Waals surface area contributed by atoms with Gasteiger partial charge < -0.3 is 4.90 Å². The summed E-state index contributed by atoms with van der Waals surface area (Å²) in [5.74, 6) is -0.195. The Morgan fingerprint density at radius 1 is 0.879 bits per heavy atom. The predicted octanol–water partition coefficient (Wildman–Crippen LogP) is 3.95. The molecule has 2 bridgehead atoms. The molecular weight excluding hydrogens is 417 g/mol. The number of carbonyl (C=O) groups is 2. The molecular formula is C27H36FN3O2. The lowest BCUT2D eigenvalue weighted by molar-refractivity contribution is -0.142. The van der Waals surface area contributed by atoms with Crippen molar-refractivity contribution in [3.8, 4) is 0 Å². The third kappa shape index (κ3) is 2.99. The van der Waals surface area contributed by atoms with Crippen LogP contribution in [0.1, 0.15) is 41.0 Å². The molecule has 0 N–H and O–H groups in total. The maximum Gasteiger partial charge on any atom is 0.234 e. The first kappa shape index (κ1) is 22.6. The number of rotatable bonds is 5. The molecule has 2 amide bonds. The molecule has 0 spiro atoms. The van der Waals surface area contributed by atoms with Crippen LogP contribution < -0.4 is 4.90 Å². The Labute approximate surface area is 196 Å². The average molecular weight is 454 g/mol. The van der Waals surface area contributed by atoms with Crippen molar-refractivity contribution in [2.24, 2.45) is 28.6 Å². The summed E-state index contributed by atoms with van der Waals surface area (Å²) in [6.45, 7) is 16.0. The van der Waals surface area contributed by atoms with Gasteiger partial charge in [0.25, 0.3) is 0 Å². The van der Waals surface area contributed by atoms with Crippen molar-refractivity contribution in [1.82, 2.24) is 9.80 Å². The monoisotopic (exact) mass is 453 g/mol. The molecule has 2 aliphatic carbocycles. The molecule has 2 heterocycles. The van der Waals surface area contributed by atoms with E-state index in [1.807, 2.05) is 12.1 Å². The van der Waals surface area contributed by atoms with Gasteiger partial charge in [0.15, 0.2) is 0 Å². The van der Waals surface area contributed by atoms with Crippen molar-refractivity contribution in [3.05, 3.63) is 41.2 Å². The Hall–Kier alpha value is -2.21. The maximum absolute atomic E-state index is 13.5. The summed E-state index contributed by atoms with van der Waals surface area (Å²) in [4.78, 5) is 33.2.